The fourth-order valence-corrected chi connectivity index (χ4v) is 5.51. The van der Waals surface area contributed by atoms with Gasteiger partial charge >= 0.3 is 0 Å². The molecule has 4 rings (SSSR count). The molecule has 1 saturated carbocycles. The van der Waals surface area contributed by atoms with Crippen LogP contribution >= 0.6 is 0 Å². The molecule has 43 heavy (non-hydrogen) atoms. The Balaban J connectivity index is 1.64. The van der Waals surface area contributed by atoms with Crippen molar-refractivity contribution in [3.8, 4) is 0 Å². The van der Waals surface area contributed by atoms with Gasteiger partial charge < -0.3 is 15.5 Å². The third-order valence-corrected chi connectivity index (χ3v) is 8.77. The standard InChI is InChI=1S/C35H45N5O3/c1-37(2)40(5)34(43)31(24-26-13-7-6-8-14-26)39(4)33(42)30(25-27-18-19-28-15-9-10-16-29(28)23-27)38(3)32(41)17-11-20-35(36)21-12-22-35/h6-11,13-19,23,30-31H,12,20-22,24-25,36H2,1-5H3/b17-11+/t30-,31-/m1/s1. The molecule has 0 spiro atoms. The predicted octanol–water partition coefficient (Wildman–Crippen LogP) is 4.04. The first-order valence-corrected chi connectivity index (χ1v) is 14.9. The third kappa shape index (κ3) is 7.89. The summed E-state index contributed by atoms with van der Waals surface area (Å²) in [5.74, 6) is -0.781. The summed E-state index contributed by atoms with van der Waals surface area (Å²) in [4.78, 5) is 44.6. The first kappa shape index (κ1) is 31.9. The Morgan fingerprint density at radius 1 is 0.767 bits per heavy atom. The largest absolute Gasteiger partial charge is 0.332 e. The van der Waals surface area contributed by atoms with E-state index in [0.717, 1.165) is 41.2 Å². The molecular formula is C35H45N5O3. The number of nitrogens with two attached hydrogens (primary N) is 1. The first-order chi connectivity index (χ1) is 20.5. The van der Waals surface area contributed by atoms with Crippen LogP contribution in [-0.2, 0) is 27.2 Å². The fraction of sp³-hybridized carbons (Fsp3) is 0.400. The van der Waals surface area contributed by atoms with Crippen LogP contribution in [0.5, 0.6) is 0 Å². The van der Waals surface area contributed by atoms with Crippen LogP contribution in [0.3, 0.4) is 0 Å². The molecular weight excluding hydrogens is 538 g/mol. The highest BCUT2D eigenvalue weighted by Gasteiger charge is 2.36. The molecule has 8 heteroatoms. The highest BCUT2D eigenvalue weighted by atomic mass is 16.2. The van der Waals surface area contributed by atoms with Crippen LogP contribution in [0.25, 0.3) is 10.8 Å². The molecule has 2 N–H and O–H groups in total. The van der Waals surface area contributed by atoms with Crippen molar-refractivity contribution < 1.29 is 14.4 Å². The molecule has 228 valence electrons. The second-order valence-electron chi connectivity index (χ2n) is 12.0. The number of benzene rings is 3. The van der Waals surface area contributed by atoms with Crippen molar-refractivity contribution >= 4 is 28.5 Å². The van der Waals surface area contributed by atoms with Crippen LogP contribution in [0.15, 0.2) is 84.9 Å². The first-order valence-electron chi connectivity index (χ1n) is 14.9. The summed E-state index contributed by atoms with van der Waals surface area (Å²) in [6, 6.07) is 22.2. The van der Waals surface area contributed by atoms with E-state index in [1.54, 1.807) is 40.2 Å². The molecule has 0 saturated heterocycles. The van der Waals surface area contributed by atoms with Crippen molar-refractivity contribution in [2.45, 2.75) is 56.1 Å². The minimum atomic E-state index is -0.824. The molecule has 0 unspecified atom stereocenters. The minimum absolute atomic E-state index is 0.211. The molecule has 3 aromatic carbocycles. The highest BCUT2D eigenvalue weighted by molar-refractivity contribution is 5.95. The van der Waals surface area contributed by atoms with Gasteiger partial charge in [-0.2, -0.15) is 0 Å². The second-order valence-corrected chi connectivity index (χ2v) is 12.0. The highest BCUT2D eigenvalue weighted by Crippen LogP contribution is 2.32. The topological polar surface area (TPSA) is 90.2 Å². The van der Waals surface area contributed by atoms with Gasteiger partial charge in [0, 0.05) is 53.6 Å². The fourth-order valence-electron chi connectivity index (χ4n) is 5.51. The molecule has 0 aliphatic heterocycles. The SMILES string of the molecule is CN(C(=O)/C=C/CC1(N)CCC1)[C@H](Cc1ccc2ccccc2c1)C(=O)N(C)[C@H](Cc1ccccc1)C(=O)N(C)N(C)C. The smallest absolute Gasteiger partial charge is 0.259 e. The van der Waals surface area contributed by atoms with E-state index in [9.17, 15) is 14.4 Å². The van der Waals surface area contributed by atoms with E-state index in [0.29, 0.717) is 19.3 Å². The Kier molecular flexibility index (Phi) is 10.4. The zero-order valence-corrected chi connectivity index (χ0v) is 26.1. The third-order valence-electron chi connectivity index (χ3n) is 8.77. The van der Waals surface area contributed by atoms with Crippen molar-refractivity contribution in [3.63, 3.8) is 0 Å². The van der Waals surface area contributed by atoms with Gasteiger partial charge in [-0.3, -0.25) is 19.4 Å². The number of carbonyl (C=O) groups is 3. The lowest BCUT2D eigenvalue weighted by Crippen LogP contribution is -2.57. The zero-order chi connectivity index (χ0) is 31.1. The van der Waals surface area contributed by atoms with Crippen molar-refractivity contribution in [2.75, 3.05) is 35.2 Å². The Bertz CT molecular complexity index is 1450. The Labute approximate surface area is 255 Å². The van der Waals surface area contributed by atoms with E-state index < -0.39 is 12.1 Å². The van der Waals surface area contributed by atoms with Gasteiger partial charge in [0.25, 0.3) is 5.91 Å². The summed E-state index contributed by atoms with van der Waals surface area (Å²) < 4.78 is 0. The maximum Gasteiger partial charge on any atom is 0.259 e. The molecule has 1 aliphatic rings. The maximum absolute atomic E-state index is 14.4. The summed E-state index contributed by atoms with van der Waals surface area (Å²) in [5.41, 5.74) is 7.99. The lowest BCUT2D eigenvalue weighted by atomic mass is 9.75. The van der Waals surface area contributed by atoms with E-state index in [1.807, 2.05) is 72.8 Å². The molecule has 0 radical (unpaired) electrons. The Morgan fingerprint density at radius 2 is 1.37 bits per heavy atom. The van der Waals surface area contributed by atoms with Crippen LogP contribution < -0.4 is 5.73 Å². The van der Waals surface area contributed by atoms with Gasteiger partial charge in [0.05, 0.1) is 0 Å². The molecule has 2 atom stereocenters. The lowest BCUT2D eigenvalue weighted by Gasteiger charge is -2.37. The van der Waals surface area contributed by atoms with Crippen molar-refractivity contribution in [1.29, 1.82) is 0 Å². The van der Waals surface area contributed by atoms with Crippen LogP contribution in [-0.4, -0.2) is 90.4 Å². The number of carbonyl (C=O) groups excluding carboxylic acids is 3. The van der Waals surface area contributed by atoms with Gasteiger partial charge in [-0.05, 0) is 53.7 Å². The number of hydrogen-bond acceptors (Lipinski definition) is 5. The van der Waals surface area contributed by atoms with Crippen LogP contribution in [0.4, 0.5) is 0 Å². The summed E-state index contributed by atoms with van der Waals surface area (Å²) in [7, 11) is 8.59. The zero-order valence-electron chi connectivity index (χ0n) is 26.1. The van der Waals surface area contributed by atoms with Crippen LogP contribution in [0.2, 0.25) is 0 Å². The summed E-state index contributed by atoms with van der Waals surface area (Å²) in [5, 5.41) is 5.37. The van der Waals surface area contributed by atoms with E-state index in [-0.39, 0.29) is 23.3 Å². The Morgan fingerprint density at radius 3 is 2.00 bits per heavy atom. The van der Waals surface area contributed by atoms with E-state index >= 15 is 0 Å². The number of fused-ring (bicyclic) bond motifs is 1. The van der Waals surface area contributed by atoms with Crippen molar-refractivity contribution in [2.24, 2.45) is 5.73 Å². The van der Waals surface area contributed by atoms with Gasteiger partial charge in [-0.15, -0.1) is 0 Å². The van der Waals surface area contributed by atoms with Gasteiger partial charge in [0.1, 0.15) is 12.1 Å². The molecule has 3 aromatic rings. The summed E-state index contributed by atoms with van der Waals surface area (Å²) >= 11 is 0. The number of likely N-dealkylation sites (N-methyl/N-ethyl adjacent to an activating group) is 3. The molecule has 1 aliphatic carbocycles. The monoisotopic (exact) mass is 583 g/mol. The van der Waals surface area contributed by atoms with Crippen LogP contribution in [0, 0.1) is 0 Å². The number of hydrogen-bond donors (Lipinski definition) is 1. The van der Waals surface area contributed by atoms with Crippen molar-refractivity contribution in [1.82, 2.24) is 19.8 Å². The summed E-state index contributed by atoms with van der Waals surface area (Å²) in [6.07, 6.45) is 7.65. The molecule has 0 bridgehead atoms. The molecule has 0 aromatic heterocycles. The number of nitrogens with zero attached hydrogens (tertiary/aromatic N) is 4. The normalized spacial score (nSPS) is 15.6. The summed E-state index contributed by atoms with van der Waals surface area (Å²) in [6.45, 7) is 0. The Hall–Kier alpha value is -4.01. The number of hydrazine groups is 1. The maximum atomic E-state index is 14.4. The average Bonchev–Trinajstić information content (AvgIpc) is 3.00. The quantitative estimate of drug-likeness (QED) is 0.257. The van der Waals surface area contributed by atoms with E-state index in [4.69, 9.17) is 5.73 Å². The number of amides is 3. The van der Waals surface area contributed by atoms with Gasteiger partial charge in [0.15, 0.2) is 0 Å². The van der Waals surface area contributed by atoms with Crippen molar-refractivity contribution in [3.05, 3.63) is 96.1 Å². The predicted molar refractivity (Wildman–Crippen MR) is 172 cm³/mol. The average molecular weight is 584 g/mol. The number of rotatable bonds is 12. The van der Waals surface area contributed by atoms with Gasteiger partial charge in [-0.1, -0.05) is 78.9 Å². The second kappa shape index (κ2) is 14.0. The van der Waals surface area contributed by atoms with Crippen LogP contribution in [0.1, 0.15) is 36.8 Å². The molecule has 0 heterocycles. The van der Waals surface area contributed by atoms with E-state index in [1.165, 1.54) is 20.9 Å². The lowest BCUT2D eigenvalue weighted by molar-refractivity contribution is -0.154. The van der Waals surface area contributed by atoms with Gasteiger partial charge in [0.2, 0.25) is 11.8 Å². The van der Waals surface area contributed by atoms with E-state index in [2.05, 4.69) is 6.07 Å². The molecule has 1 fully saturated rings. The minimum Gasteiger partial charge on any atom is -0.332 e. The molecule has 3 amide bonds. The molecule has 8 nitrogen and oxygen atoms in total. The van der Waals surface area contributed by atoms with Gasteiger partial charge in [-0.25, -0.2) is 5.01 Å².